The van der Waals surface area contributed by atoms with Crippen LogP contribution in [0.5, 0.6) is 5.75 Å². The third kappa shape index (κ3) is 1.06. The molecular weight excluding hydrogens is 224 g/mol. The number of para-hydroxylation sites is 3. The van der Waals surface area contributed by atoms with Gasteiger partial charge < -0.3 is 5.11 Å². The largest absolute Gasteiger partial charge is 0.505 e. The van der Waals surface area contributed by atoms with Gasteiger partial charge in [-0.3, -0.25) is 4.40 Å². The Morgan fingerprint density at radius 3 is 2.44 bits per heavy atom. The quantitative estimate of drug-likeness (QED) is 0.500. The van der Waals surface area contributed by atoms with Crippen molar-refractivity contribution in [1.82, 2.24) is 4.40 Å². The van der Waals surface area contributed by atoms with E-state index in [-0.39, 0.29) is 0 Å². The summed E-state index contributed by atoms with van der Waals surface area (Å²) in [5, 5.41) is 11.1. The Kier molecular flexibility index (Phi) is 1.70. The van der Waals surface area contributed by atoms with E-state index in [4.69, 9.17) is 0 Å². The fourth-order valence-electron chi connectivity index (χ4n) is 2.57. The summed E-state index contributed by atoms with van der Waals surface area (Å²) in [7, 11) is 0. The maximum Gasteiger partial charge on any atom is 0.227 e. The number of aromatic nitrogens is 2. The molecule has 0 saturated carbocycles. The lowest BCUT2D eigenvalue weighted by Gasteiger charge is -1.98. The zero-order valence-electron chi connectivity index (χ0n) is 9.59. The molecule has 0 radical (unpaired) electrons. The summed E-state index contributed by atoms with van der Waals surface area (Å²) in [5.74, 6) is 0.326. The van der Waals surface area contributed by atoms with Crippen molar-refractivity contribution in [2.24, 2.45) is 0 Å². The van der Waals surface area contributed by atoms with Crippen LogP contribution in [0, 0.1) is 0 Å². The maximum atomic E-state index is 10.3. The molecule has 0 aliphatic rings. The standard InChI is InChI=1S/C15H10N2O/c18-15-10-5-1-3-7-12(10)17-13-8-4-2-6-11(13)16-9-14(15)17/h1-9,18H/p+1. The first-order valence-corrected chi connectivity index (χ1v) is 5.88. The molecule has 0 saturated heterocycles. The van der Waals surface area contributed by atoms with Gasteiger partial charge in [0.05, 0.1) is 5.52 Å². The molecule has 0 unspecified atom stereocenters. The molecule has 3 nitrogen and oxygen atoms in total. The van der Waals surface area contributed by atoms with Gasteiger partial charge in [0.25, 0.3) is 0 Å². The summed E-state index contributed by atoms with van der Waals surface area (Å²) in [6.45, 7) is 0. The summed E-state index contributed by atoms with van der Waals surface area (Å²) >= 11 is 0. The van der Waals surface area contributed by atoms with E-state index < -0.39 is 0 Å². The van der Waals surface area contributed by atoms with Gasteiger partial charge in [0.2, 0.25) is 5.52 Å². The van der Waals surface area contributed by atoms with Crippen LogP contribution in [-0.4, -0.2) is 9.51 Å². The van der Waals surface area contributed by atoms with Crippen molar-refractivity contribution in [3.8, 4) is 5.75 Å². The third-order valence-electron chi connectivity index (χ3n) is 3.39. The van der Waals surface area contributed by atoms with Gasteiger partial charge in [-0.2, -0.15) is 0 Å². The average Bonchev–Trinajstić information content (AvgIpc) is 2.73. The molecule has 0 amide bonds. The Morgan fingerprint density at radius 1 is 0.833 bits per heavy atom. The molecule has 0 atom stereocenters. The molecule has 0 spiro atoms. The van der Waals surface area contributed by atoms with Crippen molar-refractivity contribution < 1.29 is 10.1 Å². The molecule has 4 aromatic rings. The molecule has 2 N–H and O–H groups in total. The number of aromatic amines is 1. The minimum atomic E-state index is 0.326. The van der Waals surface area contributed by atoms with Crippen molar-refractivity contribution >= 4 is 27.5 Å². The minimum absolute atomic E-state index is 0.326. The summed E-state index contributed by atoms with van der Waals surface area (Å²) in [4.78, 5) is 3.21. The SMILES string of the molecule is Oc1c2ccccc2n2c1c[nH+]c1ccccc12. The maximum absolute atomic E-state index is 10.3. The van der Waals surface area contributed by atoms with Gasteiger partial charge in [0.15, 0.2) is 17.5 Å². The fraction of sp³-hybridized carbons (Fsp3) is 0. The highest BCUT2D eigenvalue weighted by Crippen LogP contribution is 2.33. The number of fused-ring (bicyclic) bond motifs is 5. The Morgan fingerprint density at radius 2 is 1.56 bits per heavy atom. The Balaban J connectivity index is 2.41. The summed E-state index contributed by atoms with van der Waals surface area (Å²) < 4.78 is 2.08. The first-order valence-electron chi connectivity index (χ1n) is 5.88. The van der Waals surface area contributed by atoms with Crippen LogP contribution in [0.3, 0.4) is 0 Å². The number of hydrogen-bond acceptors (Lipinski definition) is 1. The zero-order valence-corrected chi connectivity index (χ0v) is 9.59. The van der Waals surface area contributed by atoms with E-state index >= 15 is 0 Å². The van der Waals surface area contributed by atoms with Gasteiger partial charge in [-0.15, -0.1) is 0 Å². The zero-order chi connectivity index (χ0) is 12.1. The molecule has 2 aromatic heterocycles. The first kappa shape index (κ1) is 9.48. The molecule has 0 aliphatic carbocycles. The summed E-state index contributed by atoms with van der Waals surface area (Å²) in [6.07, 6.45) is 1.84. The van der Waals surface area contributed by atoms with Crippen LogP contribution in [-0.2, 0) is 0 Å². The Labute approximate surface area is 103 Å². The van der Waals surface area contributed by atoms with Gasteiger partial charge in [0, 0.05) is 11.5 Å². The fourth-order valence-corrected chi connectivity index (χ4v) is 2.57. The molecule has 0 bridgehead atoms. The number of rotatable bonds is 0. The molecule has 4 rings (SSSR count). The van der Waals surface area contributed by atoms with Crippen molar-refractivity contribution in [2.75, 3.05) is 0 Å². The lowest BCUT2D eigenvalue weighted by Crippen LogP contribution is -2.05. The summed E-state index contributed by atoms with van der Waals surface area (Å²) in [5.41, 5.74) is 3.93. The van der Waals surface area contributed by atoms with Crippen LogP contribution in [0.25, 0.3) is 27.5 Å². The smallest absolute Gasteiger partial charge is 0.227 e. The second-order valence-electron chi connectivity index (χ2n) is 4.39. The van der Waals surface area contributed by atoms with Crippen molar-refractivity contribution in [3.63, 3.8) is 0 Å². The van der Waals surface area contributed by atoms with E-state index in [0.29, 0.717) is 5.75 Å². The third-order valence-corrected chi connectivity index (χ3v) is 3.39. The van der Waals surface area contributed by atoms with Gasteiger partial charge in [0.1, 0.15) is 5.52 Å². The normalized spacial score (nSPS) is 11.6. The van der Waals surface area contributed by atoms with Gasteiger partial charge in [-0.25, -0.2) is 4.98 Å². The number of benzene rings is 2. The van der Waals surface area contributed by atoms with Gasteiger partial charge in [-0.05, 0) is 18.2 Å². The number of nitrogens with one attached hydrogen (secondary N) is 1. The Bertz CT molecular complexity index is 893. The topological polar surface area (TPSA) is 38.8 Å². The first-order chi connectivity index (χ1) is 8.86. The summed E-state index contributed by atoms with van der Waals surface area (Å²) in [6, 6.07) is 16.0. The lowest BCUT2D eigenvalue weighted by atomic mass is 10.2. The molecule has 3 heteroatoms. The van der Waals surface area contributed by atoms with Crippen LogP contribution in [0.4, 0.5) is 0 Å². The highest BCUT2D eigenvalue weighted by atomic mass is 16.3. The molecule has 86 valence electrons. The van der Waals surface area contributed by atoms with Crippen molar-refractivity contribution in [3.05, 3.63) is 54.7 Å². The van der Waals surface area contributed by atoms with E-state index in [0.717, 1.165) is 27.5 Å². The molecule has 2 heterocycles. The predicted octanol–water partition coefficient (Wildman–Crippen LogP) is 2.77. The second kappa shape index (κ2) is 3.23. The van der Waals surface area contributed by atoms with E-state index in [2.05, 4.69) is 9.38 Å². The van der Waals surface area contributed by atoms with E-state index in [1.807, 2.05) is 54.7 Å². The second-order valence-corrected chi connectivity index (χ2v) is 4.39. The number of nitrogens with zero attached hydrogens (tertiary/aromatic N) is 1. The lowest BCUT2D eigenvalue weighted by molar-refractivity contribution is -0.343. The molecule has 18 heavy (non-hydrogen) atoms. The number of H-pyrrole nitrogens is 1. The number of hydrogen-bond donors (Lipinski definition) is 1. The van der Waals surface area contributed by atoms with Crippen LogP contribution < -0.4 is 4.98 Å². The highest BCUT2D eigenvalue weighted by Gasteiger charge is 2.15. The van der Waals surface area contributed by atoms with E-state index in [9.17, 15) is 5.11 Å². The highest BCUT2D eigenvalue weighted by molar-refractivity contribution is 5.98. The average molecular weight is 235 g/mol. The van der Waals surface area contributed by atoms with Gasteiger partial charge in [-0.1, -0.05) is 24.3 Å². The molecule has 2 aromatic carbocycles. The Hall–Kier alpha value is -2.55. The minimum Gasteiger partial charge on any atom is -0.505 e. The van der Waals surface area contributed by atoms with E-state index in [1.165, 1.54) is 0 Å². The molecule has 0 aliphatic heterocycles. The monoisotopic (exact) mass is 235 g/mol. The predicted molar refractivity (Wildman–Crippen MR) is 70.6 cm³/mol. The van der Waals surface area contributed by atoms with Crippen molar-refractivity contribution in [1.29, 1.82) is 0 Å². The van der Waals surface area contributed by atoms with E-state index in [1.54, 1.807) is 0 Å². The van der Waals surface area contributed by atoms with Crippen LogP contribution in [0.15, 0.2) is 54.7 Å². The molecule has 0 fully saturated rings. The van der Waals surface area contributed by atoms with Crippen molar-refractivity contribution in [2.45, 2.75) is 0 Å². The molecular formula is C15H11N2O+. The van der Waals surface area contributed by atoms with Crippen LogP contribution in [0.1, 0.15) is 0 Å². The van der Waals surface area contributed by atoms with Crippen LogP contribution >= 0.6 is 0 Å². The van der Waals surface area contributed by atoms with Crippen LogP contribution in [0.2, 0.25) is 0 Å². The number of aromatic hydroxyl groups is 1. The van der Waals surface area contributed by atoms with Gasteiger partial charge >= 0.3 is 0 Å².